The molecule has 0 bridgehead atoms. The Balaban J connectivity index is 1.20. The number of benzene rings is 1. The fraction of sp³-hybridized carbons (Fsp3) is 0.480. The summed E-state index contributed by atoms with van der Waals surface area (Å²) in [6.07, 6.45) is 6.64. The van der Waals surface area contributed by atoms with Crippen LogP contribution in [-0.4, -0.2) is 53.0 Å². The molecule has 1 spiro atoms. The van der Waals surface area contributed by atoms with Gasteiger partial charge in [-0.05, 0) is 56.7 Å². The third kappa shape index (κ3) is 5.50. The number of carbonyl (C=O) groups is 2. The Labute approximate surface area is 184 Å². The minimum atomic E-state index is -0.167. The van der Waals surface area contributed by atoms with Crippen molar-refractivity contribution in [2.24, 2.45) is 0 Å². The number of pyridine rings is 1. The van der Waals surface area contributed by atoms with Gasteiger partial charge in [0.25, 0.3) is 5.91 Å². The predicted molar refractivity (Wildman–Crippen MR) is 119 cm³/mol. The minimum absolute atomic E-state index is 0.0245. The third-order valence-corrected chi connectivity index (χ3v) is 6.50. The summed E-state index contributed by atoms with van der Waals surface area (Å²) in [4.78, 5) is 30.9. The van der Waals surface area contributed by atoms with Gasteiger partial charge in [-0.15, -0.1) is 0 Å². The summed E-state index contributed by atoms with van der Waals surface area (Å²) in [5.41, 5.74) is 2.73. The number of hydrogen-bond acceptors (Lipinski definition) is 4. The van der Waals surface area contributed by atoms with Crippen LogP contribution in [0.1, 0.15) is 53.7 Å². The van der Waals surface area contributed by atoms with Crippen molar-refractivity contribution in [2.45, 2.75) is 57.2 Å². The molecule has 2 fully saturated rings. The van der Waals surface area contributed by atoms with Crippen LogP contribution in [-0.2, 0) is 16.0 Å². The summed E-state index contributed by atoms with van der Waals surface area (Å²) >= 11 is 0. The number of piperidine rings is 1. The molecule has 2 aliphatic heterocycles. The average Bonchev–Trinajstić information content (AvgIpc) is 3.20. The topological polar surface area (TPSA) is 71.5 Å². The van der Waals surface area contributed by atoms with Gasteiger partial charge in [0.05, 0.1) is 11.7 Å². The molecule has 2 aliphatic rings. The molecule has 3 heterocycles. The second kappa shape index (κ2) is 9.60. The maximum atomic E-state index is 12.6. The zero-order valence-electron chi connectivity index (χ0n) is 18.2. The van der Waals surface area contributed by atoms with Crippen molar-refractivity contribution in [1.29, 1.82) is 0 Å². The SMILES string of the molecule is Cc1ccc(CCC(=O)N2CCC3(CCC(CNC(=O)c4ccccn4)O3)CC2)cc1. The number of amides is 2. The van der Waals surface area contributed by atoms with E-state index in [0.29, 0.717) is 18.7 Å². The molecule has 1 unspecified atom stereocenters. The van der Waals surface area contributed by atoms with Gasteiger partial charge in [0.2, 0.25) is 5.91 Å². The summed E-state index contributed by atoms with van der Waals surface area (Å²) in [6, 6.07) is 13.7. The number of nitrogens with zero attached hydrogens (tertiary/aromatic N) is 2. The molecule has 2 aromatic rings. The van der Waals surface area contributed by atoms with Gasteiger partial charge in [0.15, 0.2) is 0 Å². The van der Waals surface area contributed by atoms with Crippen LogP contribution in [0.15, 0.2) is 48.7 Å². The summed E-state index contributed by atoms with van der Waals surface area (Å²) in [6.45, 7) is 4.07. The molecule has 2 saturated heterocycles. The molecule has 1 aromatic carbocycles. The lowest BCUT2D eigenvalue weighted by molar-refractivity contribution is -0.137. The number of likely N-dealkylation sites (tertiary alicyclic amines) is 1. The van der Waals surface area contributed by atoms with Gasteiger partial charge >= 0.3 is 0 Å². The normalized spacial score (nSPS) is 20.0. The second-order valence-electron chi connectivity index (χ2n) is 8.75. The van der Waals surface area contributed by atoms with E-state index in [9.17, 15) is 9.59 Å². The average molecular weight is 422 g/mol. The summed E-state index contributed by atoms with van der Waals surface area (Å²) in [5.74, 6) is 0.0618. The van der Waals surface area contributed by atoms with Crippen LogP contribution in [0.5, 0.6) is 0 Å². The molecule has 1 atom stereocenters. The van der Waals surface area contributed by atoms with Crippen molar-refractivity contribution >= 4 is 11.8 Å². The lowest BCUT2D eigenvalue weighted by Gasteiger charge is -2.39. The molecule has 6 nitrogen and oxygen atoms in total. The minimum Gasteiger partial charge on any atom is -0.370 e. The van der Waals surface area contributed by atoms with Crippen LogP contribution >= 0.6 is 0 Å². The fourth-order valence-corrected chi connectivity index (χ4v) is 4.53. The van der Waals surface area contributed by atoms with Crippen LogP contribution in [0.25, 0.3) is 0 Å². The number of ether oxygens (including phenoxy) is 1. The highest BCUT2D eigenvalue weighted by Gasteiger charge is 2.43. The van der Waals surface area contributed by atoms with Crippen LogP contribution < -0.4 is 5.32 Å². The predicted octanol–water partition coefficient (Wildman–Crippen LogP) is 3.29. The fourth-order valence-electron chi connectivity index (χ4n) is 4.53. The Morgan fingerprint density at radius 3 is 2.61 bits per heavy atom. The zero-order chi connectivity index (χ0) is 21.7. The van der Waals surface area contributed by atoms with E-state index in [-0.39, 0.29) is 23.5 Å². The Hall–Kier alpha value is -2.73. The van der Waals surface area contributed by atoms with E-state index in [4.69, 9.17) is 4.74 Å². The summed E-state index contributed by atoms with van der Waals surface area (Å²) in [7, 11) is 0. The van der Waals surface area contributed by atoms with Crippen LogP contribution in [0, 0.1) is 6.92 Å². The summed E-state index contributed by atoms with van der Waals surface area (Å²) in [5, 5.41) is 2.93. The van der Waals surface area contributed by atoms with E-state index in [1.807, 2.05) is 4.90 Å². The first-order valence-corrected chi connectivity index (χ1v) is 11.2. The Kier molecular flexibility index (Phi) is 6.66. The van der Waals surface area contributed by atoms with Crippen LogP contribution in [0.4, 0.5) is 0 Å². The molecule has 0 saturated carbocycles. The van der Waals surface area contributed by atoms with E-state index < -0.39 is 0 Å². The third-order valence-electron chi connectivity index (χ3n) is 6.50. The lowest BCUT2D eigenvalue weighted by atomic mass is 9.88. The van der Waals surface area contributed by atoms with Crippen LogP contribution in [0.3, 0.4) is 0 Å². The van der Waals surface area contributed by atoms with Crippen molar-refractivity contribution < 1.29 is 14.3 Å². The standard InChI is InChI=1S/C25H31N3O3/c1-19-5-7-20(8-6-19)9-10-23(29)28-16-13-25(14-17-28)12-11-21(31-25)18-27-24(30)22-4-2-3-15-26-22/h2-8,15,21H,9-14,16-18H2,1H3,(H,27,30). The molecule has 6 heteroatoms. The van der Waals surface area contributed by atoms with Crippen molar-refractivity contribution in [2.75, 3.05) is 19.6 Å². The van der Waals surface area contributed by atoms with E-state index >= 15 is 0 Å². The molecule has 4 rings (SSSR count). The van der Waals surface area contributed by atoms with Gasteiger partial charge < -0.3 is 15.0 Å². The van der Waals surface area contributed by atoms with E-state index in [0.717, 1.165) is 45.2 Å². The maximum Gasteiger partial charge on any atom is 0.269 e. The monoisotopic (exact) mass is 421 g/mol. The smallest absolute Gasteiger partial charge is 0.269 e. The van der Waals surface area contributed by atoms with Gasteiger partial charge in [0.1, 0.15) is 5.69 Å². The quantitative estimate of drug-likeness (QED) is 0.777. The number of carbonyl (C=O) groups excluding carboxylic acids is 2. The van der Waals surface area contributed by atoms with E-state index in [1.165, 1.54) is 11.1 Å². The van der Waals surface area contributed by atoms with Gasteiger partial charge in [0, 0.05) is 32.3 Å². The molecular weight excluding hydrogens is 390 g/mol. The first kappa shape index (κ1) is 21.5. The van der Waals surface area contributed by atoms with Crippen molar-refractivity contribution in [3.63, 3.8) is 0 Å². The van der Waals surface area contributed by atoms with Gasteiger partial charge in [-0.1, -0.05) is 35.9 Å². The number of nitrogens with one attached hydrogen (secondary N) is 1. The van der Waals surface area contributed by atoms with Crippen molar-refractivity contribution in [3.05, 3.63) is 65.5 Å². The molecular formula is C25H31N3O3. The molecule has 0 radical (unpaired) electrons. The van der Waals surface area contributed by atoms with E-state index in [1.54, 1.807) is 24.4 Å². The highest BCUT2D eigenvalue weighted by molar-refractivity contribution is 5.92. The highest BCUT2D eigenvalue weighted by atomic mass is 16.5. The van der Waals surface area contributed by atoms with Gasteiger partial charge in [-0.2, -0.15) is 0 Å². The van der Waals surface area contributed by atoms with E-state index in [2.05, 4.69) is 41.5 Å². The van der Waals surface area contributed by atoms with Gasteiger partial charge in [-0.25, -0.2) is 0 Å². The summed E-state index contributed by atoms with van der Waals surface area (Å²) < 4.78 is 6.37. The highest BCUT2D eigenvalue weighted by Crippen LogP contribution is 2.38. The first-order chi connectivity index (χ1) is 15.0. The molecule has 1 N–H and O–H groups in total. The number of aromatic nitrogens is 1. The Bertz CT molecular complexity index is 890. The molecule has 2 amide bonds. The number of rotatable bonds is 6. The maximum absolute atomic E-state index is 12.6. The number of hydrogen-bond donors (Lipinski definition) is 1. The Morgan fingerprint density at radius 2 is 1.90 bits per heavy atom. The van der Waals surface area contributed by atoms with Crippen molar-refractivity contribution in [1.82, 2.24) is 15.2 Å². The second-order valence-corrected chi connectivity index (χ2v) is 8.75. The molecule has 164 valence electrons. The van der Waals surface area contributed by atoms with Gasteiger partial charge in [-0.3, -0.25) is 14.6 Å². The molecule has 31 heavy (non-hydrogen) atoms. The Morgan fingerprint density at radius 1 is 1.13 bits per heavy atom. The zero-order valence-corrected chi connectivity index (χ0v) is 18.2. The van der Waals surface area contributed by atoms with Crippen LogP contribution in [0.2, 0.25) is 0 Å². The largest absolute Gasteiger partial charge is 0.370 e. The van der Waals surface area contributed by atoms with Crippen molar-refractivity contribution in [3.8, 4) is 0 Å². The first-order valence-electron chi connectivity index (χ1n) is 11.2. The number of aryl methyl sites for hydroxylation is 2. The lowest BCUT2D eigenvalue weighted by Crippen LogP contribution is -2.47. The molecule has 1 aromatic heterocycles. The molecule has 0 aliphatic carbocycles.